The van der Waals surface area contributed by atoms with Crippen LogP contribution in [0.25, 0.3) is 6.08 Å². The molecule has 0 amide bonds. The average Bonchev–Trinajstić information content (AvgIpc) is 2.94. The number of carbonyl (C=O) groups is 2. The van der Waals surface area contributed by atoms with Gasteiger partial charge < -0.3 is 4.74 Å². The Morgan fingerprint density at radius 1 is 0.778 bits per heavy atom. The highest BCUT2D eigenvalue weighted by molar-refractivity contribution is 6.41. The van der Waals surface area contributed by atoms with Gasteiger partial charge in [0.05, 0.1) is 5.57 Å². The summed E-state index contributed by atoms with van der Waals surface area (Å²) in [6.07, 6.45) is 1.54. The first-order chi connectivity index (χ1) is 13.1. The summed E-state index contributed by atoms with van der Waals surface area (Å²) < 4.78 is 19.5. The summed E-state index contributed by atoms with van der Waals surface area (Å²) in [6, 6.07) is 20.2. The van der Waals surface area contributed by atoms with E-state index in [1.54, 1.807) is 72.8 Å². The molecule has 4 rings (SSSR count). The van der Waals surface area contributed by atoms with Crippen molar-refractivity contribution in [3.8, 4) is 5.75 Å². The maximum atomic E-state index is 13.8. The van der Waals surface area contributed by atoms with Gasteiger partial charge in [-0.3, -0.25) is 9.59 Å². The Hall–Kier alpha value is -3.53. The van der Waals surface area contributed by atoms with Crippen molar-refractivity contribution >= 4 is 17.6 Å². The summed E-state index contributed by atoms with van der Waals surface area (Å²) in [6.45, 7) is 0.0506. The number of fused-ring (bicyclic) bond motifs is 1. The molecule has 0 unspecified atom stereocenters. The molecule has 0 fully saturated rings. The molecule has 0 spiro atoms. The Morgan fingerprint density at radius 3 is 2.07 bits per heavy atom. The van der Waals surface area contributed by atoms with Crippen LogP contribution in [0.15, 0.2) is 78.4 Å². The van der Waals surface area contributed by atoms with Crippen molar-refractivity contribution < 1.29 is 18.7 Å². The van der Waals surface area contributed by atoms with Crippen molar-refractivity contribution in [2.45, 2.75) is 6.61 Å². The van der Waals surface area contributed by atoms with E-state index >= 15 is 0 Å². The van der Waals surface area contributed by atoms with Crippen LogP contribution in [0.2, 0.25) is 0 Å². The summed E-state index contributed by atoms with van der Waals surface area (Å²) in [5, 5.41) is 0. The highest BCUT2D eigenvalue weighted by Gasteiger charge is 2.32. The minimum Gasteiger partial charge on any atom is -0.488 e. The molecule has 0 radical (unpaired) electrons. The highest BCUT2D eigenvalue weighted by atomic mass is 19.1. The fraction of sp³-hybridized carbons (Fsp3) is 0.0435. The number of Topliss-reactive ketones (excluding diaryl/α,β-unsaturated/α-hetero) is 2. The second kappa shape index (κ2) is 7.00. The lowest BCUT2D eigenvalue weighted by atomic mass is 10.1. The van der Waals surface area contributed by atoms with Gasteiger partial charge in [0, 0.05) is 22.3 Å². The van der Waals surface area contributed by atoms with E-state index in [0.717, 1.165) is 0 Å². The Kier molecular flexibility index (Phi) is 4.38. The van der Waals surface area contributed by atoms with Crippen LogP contribution in [-0.4, -0.2) is 11.6 Å². The number of hydrogen-bond donors (Lipinski definition) is 0. The number of para-hydroxylation sites is 1. The first-order valence-corrected chi connectivity index (χ1v) is 8.50. The van der Waals surface area contributed by atoms with E-state index in [9.17, 15) is 14.0 Å². The smallest absolute Gasteiger partial charge is 0.197 e. The zero-order valence-electron chi connectivity index (χ0n) is 14.3. The highest BCUT2D eigenvalue weighted by Crippen LogP contribution is 2.30. The normalized spacial score (nSPS) is 12.9. The van der Waals surface area contributed by atoms with Crippen molar-refractivity contribution in [2.24, 2.45) is 0 Å². The number of allylic oxidation sites excluding steroid dienone is 1. The van der Waals surface area contributed by atoms with E-state index in [0.29, 0.717) is 28.0 Å². The minimum absolute atomic E-state index is 0.0506. The maximum Gasteiger partial charge on any atom is 0.197 e. The molecule has 4 heteroatoms. The molecule has 3 aromatic rings. The Balaban J connectivity index is 1.64. The third-order valence-electron chi connectivity index (χ3n) is 4.47. The van der Waals surface area contributed by atoms with Crippen molar-refractivity contribution in [2.75, 3.05) is 0 Å². The SMILES string of the molecule is O=C1C(=Cc2ccccc2OCc2ccccc2F)C(=O)c2ccccc21. The fourth-order valence-electron chi connectivity index (χ4n) is 3.06. The zero-order valence-corrected chi connectivity index (χ0v) is 14.3. The van der Waals surface area contributed by atoms with Gasteiger partial charge in [0.25, 0.3) is 0 Å². The Bertz CT molecular complexity index is 1050. The monoisotopic (exact) mass is 358 g/mol. The van der Waals surface area contributed by atoms with E-state index < -0.39 is 0 Å². The first-order valence-electron chi connectivity index (χ1n) is 8.50. The van der Waals surface area contributed by atoms with Crippen molar-refractivity contribution in [1.82, 2.24) is 0 Å². The molecule has 0 heterocycles. The summed E-state index contributed by atoms with van der Waals surface area (Å²) in [7, 11) is 0. The van der Waals surface area contributed by atoms with Crippen LogP contribution >= 0.6 is 0 Å². The third-order valence-corrected chi connectivity index (χ3v) is 4.47. The van der Waals surface area contributed by atoms with E-state index in [-0.39, 0.29) is 29.6 Å². The van der Waals surface area contributed by atoms with E-state index in [4.69, 9.17) is 4.74 Å². The molecule has 0 N–H and O–H groups in total. The summed E-state index contributed by atoms with van der Waals surface area (Å²) in [5.74, 6) is -0.450. The van der Waals surface area contributed by atoms with Gasteiger partial charge in [-0.05, 0) is 18.2 Å². The van der Waals surface area contributed by atoms with Gasteiger partial charge >= 0.3 is 0 Å². The van der Waals surface area contributed by atoms with Crippen molar-refractivity contribution in [3.05, 3.63) is 106 Å². The molecule has 1 aliphatic rings. The topological polar surface area (TPSA) is 43.4 Å². The number of benzene rings is 3. The molecule has 3 aromatic carbocycles. The van der Waals surface area contributed by atoms with Gasteiger partial charge in [0.15, 0.2) is 11.6 Å². The molecule has 0 saturated carbocycles. The lowest BCUT2D eigenvalue weighted by Gasteiger charge is -2.10. The zero-order chi connectivity index (χ0) is 18.8. The van der Waals surface area contributed by atoms with Gasteiger partial charge in [0.1, 0.15) is 18.2 Å². The standard InChI is InChI=1S/C23H15FO3/c24-20-11-5-1-8-16(20)14-27-21-12-6-2-7-15(21)13-19-22(25)17-9-3-4-10-18(17)23(19)26/h1-13H,14H2. The number of ketones is 2. The Labute approximate surface area is 155 Å². The molecule has 0 aromatic heterocycles. The van der Waals surface area contributed by atoms with E-state index in [1.165, 1.54) is 6.07 Å². The quantitative estimate of drug-likeness (QED) is 0.494. The van der Waals surface area contributed by atoms with Crippen LogP contribution in [0, 0.1) is 5.82 Å². The lowest BCUT2D eigenvalue weighted by molar-refractivity contribution is 0.0990. The molecular formula is C23H15FO3. The number of ether oxygens (including phenoxy) is 1. The van der Waals surface area contributed by atoms with Crippen LogP contribution in [0.4, 0.5) is 4.39 Å². The minimum atomic E-state index is -0.343. The number of carbonyl (C=O) groups excluding carboxylic acids is 2. The predicted molar refractivity (Wildman–Crippen MR) is 100 cm³/mol. The molecule has 132 valence electrons. The fourth-order valence-corrected chi connectivity index (χ4v) is 3.06. The second-order valence-electron chi connectivity index (χ2n) is 6.18. The van der Waals surface area contributed by atoms with Crippen LogP contribution in [0.1, 0.15) is 31.8 Å². The van der Waals surface area contributed by atoms with Gasteiger partial charge in [-0.15, -0.1) is 0 Å². The number of hydrogen-bond acceptors (Lipinski definition) is 3. The van der Waals surface area contributed by atoms with Crippen molar-refractivity contribution in [3.63, 3.8) is 0 Å². The number of rotatable bonds is 4. The van der Waals surface area contributed by atoms with Gasteiger partial charge in [-0.25, -0.2) is 4.39 Å². The predicted octanol–water partition coefficient (Wildman–Crippen LogP) is 4.87. The van der Waals surface area contributed by atoms with Crippen LogP contribution in [0.5, 0.6) is 5.75 Å². The second-order valence-corrected chi connectivity index (χ2v) is 6.18. The van der Waals surface area contributed by atoms with Crippen LogP contribution in [0.3, 0.4) is 0 Å². The largest absolute Gasteiger partial charge is 0.488 e. The van der Waals surface area contributed by atoms with Crippen LogP contribution < -0.4 is 4.74 Å². The summed E-state index contributed by atoms with van der Waals surface area (Å²) >= 11 is 0. The van der Waals surface area contributed by atoms with Crippen molar-refractivity contribution in [1.29, 1.82) is 0 Å². The van der Waals surface area contributed by atoms with E-state index in [1.807, 2.05) is 0 Å². The van der Waals surface area contributed by atoms with Gasteiger partial charge in [-0.1, -0.05) is 60.7 Å². The lowest BCUT2D eigenvalue weighted by Crippen LogP contribution is -2.02. The maximum absolute atomic E-state index is 13.8. The van der Waals surface area contributed by atoms with Gasteiger partial charge in [-0.2, -0.15) is 0 Å². The van der Waals surface area contributed by atoms with Gasteiger partial charge in [0.2, 0.25) is 0 Å². The molecule has 0 aliphatic heterocycles. The molecule has 0 atom stereocenters. The molecular weight excluding hydrogens is 343 g/mol. The molecule has 0 bridgehead atoms. The third kappa shape index (κ3) is 3.17. The summed E-state index contributed by atoms with van der Waals surface area (Å²) in [4.78, 5) is 25.1. The molecule has 1 aliphatic carbocycles. The molecule has 3 nitrogen and oxygen atoms in total. The Morgan fingerprint density at radius 2 is 1.37 bits per heavy atom. The molecule has 0 saturated heterocycles. The number of halogens is 1. The average molecular weight is 358 g/mol. The summed E-state index contributed by atoms with van der Waals surface area (Å²) in [5.41, 5.74) is 1.97. The first kappa shape index (κ1) is 16.9. The van der Waals surface area contributed by atoms with Crippen LogP contribution in [-0.2, 0) is 6.61 Å². The van der Waals surface area contributed by atoms with E-state index in [2.05, 4.69) is 0 Å². The molecule has 27 heavy (non-hydrogen) atoms.